The van der Waals surface area contributed by atoms with Crippen LogP contribution in [0.3, 0.4) is 0 Å². The maximum Gasteiger partial charge on any atom is 0.164 e. The number of hydrogen-bond donors (Lipinski definition) is 0. The Morgan fingerprint density at radius 2 is 0.864 bits per heavy atom. The summed E-state index contributed by atoms with van der Waals surface area (Å²) in [6, 6.07) is 46.8. The molecule has 0 unspecified atom stereocenters. The second-order valence-electron chi connectivity index (χ2n) is 10.8. The van der Waals surface area contributed by atoms with Crippen molar-refractivity contribution in [3.05, 3.63) is 140 Å². The van der Waals surface area contributed by atoms with Gasteiger partial charge in [-0.3, -0.25) is 0 Å². The minimum Gasteiger partial charge on any atom is -0.456 e. The number of furan rings is 2. The lowest BCUT2D eigenvalue weighted by atomic mass is 9.95. The molecule has 0 fully saturated rings. The Labute approximate surface area is 252 Å². The van der Waals surface area contributed by atoms with Crippen LogP contribution >= 0.6 is 0 Å². The van der Waals surface area contributed by atoms with Crippen molar-refractivity contribution in [3.63, 3.8) is 0 Å². The van der Waals surface area contributed by atoms with E-state index < -0.39 is 0 Å². The van der Waals surface area contributed by atoms with E-state index in [0.29, 0.717) is 17.5 Å². The summed E-state index contributed by atoms with van der Waals surface area (Å²) in [6.07, 6.45) is 0. The lowest BCUT2D eigenvalue weighted by molar-refractivity contribution is 0.668. The van der Waals surface area contributed by atoms with E-state index >= 15 is 0 Å². The third-order valence-corrected chi connectivity index (χ3v) is 8.16. The van der Waals surface area contributed by atoms with Crippen LogP contribution in [0.5, 0.6) is 0 Å². The van der Waals surface area contributed by atoms with E-state index in [4.69, 9.17) is 23.8 Å². The molecule has 206 valence electrons. The van der Waals surface area contributed by atoms with E-state index in [9.17, 15) is 0 Å². The van der Waals surface area contributed by atoms with Gasteiger partial charge in [-0.1, -0.05) is 109 Å². The standard InChI is InChI=1S/C39H23N3O2/c1-3-12-24(13-4-1)37-40-38(25-14-5-2-6-15-25)42-39(41-37)30-23-22-27(36-35(30)29-17-8-10-20-32(29)44-36)26-18-11-21-33-34(26)28-16-7-9-19-31(28)43-33/h1-23H. The molecule has 5 heteroatoms. The van der Waals surface area contributed by atoms with Crippen LogP contribution in [0.2, 0.25) is 0 Å². The first kappa shape index (κ1) is 24.5. The molecule has 0 aliphatic rings. The highest BCUT2D eigenvalue weighted by atomic mass is 16.3. The zero-order valence-corrected chi connectivity index (χ0v) is 23.4. The smallest absolute Gasteiger partial charge is 0.164 e. The maximum absolute atomic E-state index is 6.67. The Bertz CT molecular complexity index is 2440. The highest BCUT2D eigenvalue weighted by molar-refractivity contribution is 6.20. The predicted molar refractivity (Wildman–Crippen MR) is 176 cm³/mol. The summed E-state index contributed by atoms with van der Waals surface area (Å²) >= 11 is 0. The van der Waals surface area contributed by atoms with Gasteiger partial charge in [0.05, 0.1) is 0 Å². The largest absolute Gasteiger partial charge is 0.456 e. The quantitative estimate of drug-likeness (QED) is 0.212. The van der Waals surface area contributed by atoms with E-state index in [-0.39, 0.29) is 0 Å². The molecule has 44 heavy (non-hydrogen) atoms. The molecule has 0 atom stereocenters. The van der Waals surface area contributed by atoms with Gasteiger partial charge in [-0.05, 0) is 35.9 Å². The summed E-state index contributed by atoms with van der Waals surface area (Å²) in [6.45, 7) is 0. The van der Waals surface area contributed by atoms with Gasteiger partial charge < -0.3 is 8.83 Å². The van der Waals surface area contributed by atoms with Gasteiger partial charge in [0.15, 0.2) is 17.5 Å². The molecule has 0 aliphatic carbocycles. The monoisotopic (exact) mass is 565 g/mol. The minimum atomic E-state index is 0.591. The third kappa shape index (κ3) is 3.83. The van der Waals surface area contributed by atoms with E-state index in [1.165, 1.54) is 0 Å². The normalized spacial score (nSPS) is 11.6. The number of nitrogens with zero attached hydrogens (tertiary/aromatic N) is 3. The zero-order chi connectivity index (χ0) is 29.0. The van der Waals surface area contributed by atoms with E-state index in [2.05, 4.69) is 30.3 Å². The molecular formula is C39H23N3O2. The molecule has 0 saturated heterocycles. The molecular weight excluding hydrogens is 542 g/mol. The first-order chi connectivity index (χ1) is 21.8. The zero-order valence-electron chi connectivity index (χ0n) is 23.4. The van der Waals surface area contributed by atoms with Gasteiger partial charge in [0.1, 0.15) is 22.3 Å². The Morgan fingerprint density at radius 3 is 1.55 bits per heavy atom. The van der Waals surface area contributed by atoms with Crippen molar-refractivity contribution < 1.29 is 8.83 Å². The maximum atomic E-state index is 6.67. The van der Waals surface area contributed by atoms with Gasteiger partial charge in [0.2, 0.25) is 0 Å². The molecule has 5 nitrogen and oxygen atoms in total. The Hall–Kier alpha value is -6.07. The minimum absolute atomic E-state index is 0.591. The van der Waals surface area contributed by atoms with Crippen LogP contribution in [0, 0.1) is 0 Å². The third-order valence-electron chi connectivity index (χ3n) is 8.16. The van der Waals surface area contributed by atoms with Crippen molar-refractivity contribution in [2.45, 2.75) is 0 Å². The second-order valence-corrected chi connectivity index (χ2v) is 10.8. The van der Waals surface area contributed by atoms with Crippen LogP contribution in [0.4, 0.5) is 0 Å². The highest BCUT2D eigenvalue weighted by Crippen LogP contribution is 2.44. The fraction of sp³-hybridized carbons (Fsp3) is 0. The SMILES string of the molecule is c1ccc(-c2nc(-c3ccccc3)nc(-c3ccc(-c4cccc5oc6ccccc6c45)c4oc5ccccc5c34)n2)cc1. The van der Waals surface area contributed by atoms with Crippen LogP contribution < -0.4 is 0 Å². The van der Waals surface area contributed by atoms with Gasteiger partial charge in [0.25, 0.3) is 0 Å². The number of para-hydroxylation sites is 2. The topological polar surface area (TPSA) is 65.0 Å². The molecule has 0 N–H and O–H groups in total. The van der Waals surface area contributed by atoms with Crippen LogP contribution in [-0.2, 0) is 0 Å². The summed E-state index contributed by atoms with van der Waals surface area (Å²) in [5.74, 6) is 1.83. The second kappa shape index (κ2) is 9.75. The Balaban J connectivity index is 1.35. The summed E-state index contributed by atoms with van der Waals surface area (Å²) < 4.78 is 12.9. The van der Waals surface area contributed by atoms with Crippen LogP contribution in [0.25, 0.3) is 89.2 Å². The molecule has 0 saturated carbocycles. The van der Waals surface area contributed by atoms with Crippen molar-refractivity contribution in [2.24, 2.45) is 0 Å². The molecule has 9 aromatic rings. The van der Waals surface area contributed by atoms with E-state index in [1.54, 1.807) is 0 Å². The van der Waals surface area contributed by atoms with Crippen LogP contribution in [0.15, 0.2) is 148 Å². The van der Waals surface area contributed by atoms with E-state index in [0.717, 1.165) is 71.7 Å². The van der Waals surface area contributed by atoms with Crippen molar-refractivity contribution >= 4 is 43.9 Å². The summed E-state index contributed by atoms with van der Waals surface area (Å²) in [4.78, 5) is 15.0. The molecule has 0 aliphatic heterocycles. The average Bonchev–Trinajstić information content (AvgIpc) is 3.68. The summed E-state index contributed by atoms with van der Waals surface area (Å²) in [5, 5.41) is 4.11. The molecule has 6 aromatic carbocycles. The Morgan fingerprint density at radius 1 is 0.341 bits per heavy atom. The number of fused-ring (bicyclic) bond motifs is 6. The average molecular weight is 566 g/mol. The molecule has 0 radical (unpaired) electrons. The lowest BCUT2D eigenvalue weighted by Gasteiger charge is -2.11. The number of benzene rings is 6. The van der Waals surface area contributed by atoms with Crippen LogP contribution in [0.1, 0.15) is 0 Å². The van der Waals surface area contributed by atoms with Crippen molar-refractivity contribution in [1.82, 2.24) is 15.0 Å². The van der Waals surface area contributed by atoms with Gasteiger partial charge in [-0.15, -0.1) is 0 Å². The molecule has 3 heterocycles. The molecule has 0 spiro atoms. The fourth-order valence-electron chi connectivity index (χ4n) is 6.15. The Kier molecular flexibility index (Phi) is 5.43. The van der Waals surface area contributed by atoms with Crippen molar-refractivity contribution in [3.8, 4) is 45.3 Å². The lowest BCUT2D eigenvalue weighted by Crippen LogP contribution is -2.00. The van der Waals surface area contributed by atoms with Crippen molar-refractivity contribution in [1.29, 1.82) is 0 Å². The summed E-state index contributed by atoms with van der Waals surface area (Å²) in [5.41, 5.74) is 8.06. The fourth-order valence-corrected chi connectivity index (χ4v) is 6.15. The van der Waals surface area contributed by atoms with Gasteiger partial charge in [0, 0.05) is 43.8 Å². The highest BCUT2D eigenvalue weighted by Gasteiger charge is 2.22. The van der Waals surface area contributed by atoms with Gasteiger partial charge >= 0.3 is 0 Å². The number of hydrogen-bond acceptors (Lipinski definition) is 5. The molecule has 0 amide bonds. The molecule has 9 rings (SSSR count). The van der Waals surface area contributed by atoms with E-state index in [1.807, 2.05) is 109 Å². The first-order valence-electron chi connectivity index (χ1n) is 14.5. The molecule has 3 aromatic heterocycles. The summed E-state index contributed by atoms with van der Waals surface area (Å²) in [7, 11) is 0. The van der Waals surface area contributed by atoms with Gasteiger partial charge in [-0.25, -0.2) is 15.0 Å². The predicted octanol–water partition coefficient (Wildman–Crippen LogP) is 10.3. The molecule has 0 bridgehead atoms. The van der Waals surface area contributed by atoms with Crippen LogP contribution in [-0.4, -0.2) is 15.0 Å². The van der Waals surface area contributed by atoms with Gasteiger partial charge in [-0.2, -0.15) is 0 Å². The first-order valence-corrected chi connectivity index (χ1v) is 14.5. The number of rotatable bonds is 4. The number of aromatic nitrogens is 3. The van der Waals surface area contributed by atoms with Crippen molar-refractivity contribution in [2.75, 3.05) is 0 Å².